The van der Waals surface area contributed by atoms with Gasteiger partial charge in [0.15, 0.2) is 0 Å². The third-order valence-corrected chi connectivity index (χ3v) is 2.64. The fourth-order valence-electron chi connectivity index (χ4n) is 0.828. The Labute approximate surface area is 83.0 Å². The highest BCUT2D eigenvalue weighted by molar-refractivity contribution is 4.96. The minimum Gasteiger partial charge on any atom is -0.311 e. The monoisotopic (exact) mass is 184 g/mol. The van der Waals surface area contributed by atoms with Crippen LogP contribution in [0.4, 0.5) is 0 Å². The lowest BCUT2D eigenvalue weighted by Gasteiger charge is -2.32. The number of nitrogens with one attached hydrogen (secondary N) is 1. The van der Waals surface area contributed by atoms with Gasteiger partial charge in [0.05, 0.1) is 0 Å². The molecular formula is C11H24N2. The van der Waals surface area contributed by atoms with Crippen molar-refractivity contribution in [2.75, 3.05) is 27.2 Å². The first-order chi connectivity index (χ1) is 5.90. The van der Waals surface area contributed by atoms with Crippen molar-refractivity contribution < 1.29 is 0 Å². The maximum atomic E-state index is 3.96. The lowest BCUT2D eigenvalue weighted by molar-refractivity contribution is 0.191. The Morgan fingerprint density at radius 2 is 1.92 bits per heavy atom. The van der Waals surface area contributed by atoms with Gasteiger partial charge in [-0.3, -0.25) is 0 Å². The molecule has 0 aromatic carbocycles. The molecule has 0 aliphatic rings. The molecule has 0 heterocycles. The third-order valence-electron chi connectivity index (χ3n) is 2.64. The summed E-state index contributed by atoms with van der Waals surface area (Å²) in [7, 11) is 4.21. The summed E-state index contributed by atoms with van der Waals surface area (Å²) in [5.74, 6) is 0. The van der Waals surface area contributed by atoms with Crippen LogP contribution in [0.3, 0.4) is 0 Å². The Kier molecular flexibility index (Phi) is 5.26. The van der Waals surface area contributed by atoms with E-state index in [9.17, 15) is 0 Å². The van der Waals surface area contributed by atoms with Gasteiger partial charge in [-0.15, -0.1) is 0 Å². The zero-order valence-electron chi connectivity index (χ0n) is 9.78. The Bertz CT molecular complexity index is 159. The standard InChI is InChI=1S/C11H24N2/c1-7-10(2)8-12-9-11(3,4)13(5)6/h12H,2,7-9H2,1,3-6H3. The molecule has 78 valence electrons. The van der Waals surface area contributed by atoms with Crippen molar-refractivity contribution in [3.8, 4) is 0 Å². The van der Waals surface area contributed by atoms with E-state index in [4.69, 9.17) is 0 Å². The molecule has 0 saturated heterocycles. The van der Waals surface area contributed by atoms with E-state index in [1.54, 1.807) is 0 Å². The van der Waals surface area contributed by atoms with Crippen molar-refractivity contribution in [3.05, 3.63) is 12.2 Å². The van der Waals surface area contributed by atoms with E-state index < -0.39 is 0 Å². The van der Waals surface area contributed by atoms with Crippen LogP contribution in [-0.4, -0.2) is 37.6 Å². The first kappa shape index (κ1) is 12.7. The summed E-state index contributed by atoms with van der Waals surface area (Å²) in [6.45, 7) is 12.5. The minimum atomic E-state index is 0.216. The van der Waals surface area contributed by atoms with Crippen molar-refractivity contribution in [1.82, 2.24) is 10.2 Å². The molecule has 0 bridgehead atoms. The largest absolute Gasteiger partial charge is 0.311 e. The summed E-state index contributed by atoms with van der Waals surface area (Å²) >= 11 is 0. The van der Waals surface area contributed by atoms with Crippen LogP contribution in [-0.2, 0) is 0 Å². The fourth-order valence-corrected chi connectivity index (χ4v) is 0.828. The Morgan fingerprint density at radius 3 is 2.31 bits per heavy atom. The molecule has 1 N–H and O–H groups in total. The van der Waals surface area contributed by atoms with E-state index in [0.29, 0.717) is 0 Å². The van der Waals surface area contributed by atoms with Gasteiger partial charge in [0.25, 0.3) is 0 Å². The Balaban J connectivity index is 3.70. The van der Waals surface area contributed by atoms with E-state index in [1.807, 2.05) is 0 Å². The van der Waals surface area contributed by atoms with E-state index >= 15 is 0 Å². The summed E-state index contributed by atoms with van der Waals surface area (Å²) < 4.78 is 0. The topological polar surface area (TPSA) is 15.3 Å². The Morgan fingerprint density at radius 1 is 1.38 bits per heavy atom. The molecule has 0 amide bonds. The van der Waals surface area contributed by atoms with Crippen molar-refractivity contribution in [1.29, 1.82) is 0 Å². The molecule has 0 aliphatic heterocycles. The van der Waals surface area contributed by atoms with Crippen LogP contribution in [0, 0.1) is 0 Å². The molecule has 0 saturated carbocycles. The number of hydrogen-bond acceptors (Lipinski definition) is 2. The van der Waals surface area contributed by atoms with Crippen LogP contribution in [0.1, 0.15) is 27.2 Å². The molecule has 13 heavy (non-hydrogen) atoms. The first-order valence-corrected chi connectivity index (χ1v) is 4.95. The highest BCUT2D eigenvalue weighted by atomic mass is 15.2. The highest BCUT2D eigenvalue weighted by Crippen LogP contribution is 2.07. The normalized spacial score (nSPS) is 12.2. The molecule has 0 spiro atoms. The number of likely N-dealkylation sites (N-methyl/N-ethyl adjacent to an activating group) is 1. The van der Waals surface area contributed by atoms with Gasteiger partial charge < -0.3 is 10.2 Å². The number of rotatable bonds is 6. The summed E-state index contributed by atoms with van der Waals surface area (Å²) in [6.07, 6.45) is 1.06. The second-order valence-corrected chi connectivity index (χ2v) is 4.41. The average Bonchev–Trinajstić information content (AvgIpc) is 2.03. The van der Waals surface area contributed by atoms with Gasteiger partial charge in [-0.1, -0.05) is 19.1 Å². The van der Waals surface area contributed by atoms with Crippen LogP contribution < -0.4 is 5.32 Å². The van der Waals surface area contributed by atoms with Crippen molar-refractivity contribution in [2.24, 2.45) is 0 Å². The van der Waals surface area contributed by atoms with E-state index in [2.05, 4.69) is 51.7 Å². The summed E-state index contributed by atoms with van der Waals surface area (Å²) in [6, 6.07) is 0. The van der Waals surface area contributed by atoms with Crippen molar-refractivity contribution in [2.45, 2.75) is 32.7 Å². The first-order valence-electron chi connectivity index (χ1n) is 4.95. The summed E-state index contributed by atoms with van der Waals surface area (Å²) in [5.41, 5.74) is 1.49. The SMILES string of the molecule is C=C(CC)CNCC(C)(C)N(C)C. The van der Waals surface area contributed by atoms with Crippen LogP contribution in [0.25, 0.3) is 0 Å². The lowest BCUT2D eigenvalue weighted by Crippen LogP contribution is -2.47. The zero-order valence-corrected chi connectivity index (χ0v) is 9.78. The molecule has 0 fully saturated rings. The van der Waals surface area contributed by atoms with Gasteiger partial charge >= 0.3 is 0 Å². The molecule has 0 aromatic heterocycles. The lowest BCUT2D eigenvalue weighted by atomic mass is 10.0. The smallest absolute Gasteiger partial charge is 0.0271 e. The predicted octanol–water partition coefficient (Wildman–Crippen LogP) is 1.88. The van der Waals surface area contributed by atoms with E-state index in [-0.39, 0.29) is 5.54 Å². The van der Waals surface area contributed by atoms with Crippen LogP contribution in [0.15, 0.2) is 12.2 Å². The second kappa shape index (κ2) is 5.40. The molecule has 0 aliphatic carbocycles. The van der Waals surface area contributed by atoms with Gasteiger partial charge in [0.2, 0.25) is 0 Å². The van der Waals surface area contributed by atoms with Crippen LogP contribution in [0.5, 0.6) is 0 Å². The fraction of sp³-hybridized carbons (Fsp3) is 0.818. The minimum absolute atomic E-state index is 0.216. The molecular weight excluding hydrogens is 160 g/mol. The Hall–Kier alpha value is -0.340. The van der Waals surface area contributed by atoms with E-state index in [0.717, 1.165) is 19.5 Å². The second-order valence-electron chi connectivity index (χ2n) is 4.41. The van der Waals surface area contributed by atoms with Crippen LogP contribution in [0.2, 0.25) is 0 Å². The van der Waals surface area contributed by atoms with Crippen molar-refractivity contribution in [3.63, 3.8) is 0 Å². The highest BCUT2D eigenvalue weighted by Gasteiger charge is 2.19. The van der Waals surface area contributed by atoms with Gasteiger partial charge in [-0.05, 0) is 34.4 Å². The van der Waals surface area contributed by atoms with Gasteiger partial charge in [0, 0.05) is 18.6 Å². The van der Waals surface area contributed by atoms with Gasteiger partial charge in [-0.2, -0.15) is 0 Å². The molecule has 0 aromatic rings. The molecule has 0 radical (unpaired) electrons. The molecule has 0 rings (SSSR count). The average molecular weight is 184 g/mol. The maximum absolute atomic E-state index is 3.96. The number of nitrogens with zero attached hydrogens (tertiary/aromatic N) is 1. The summed E-state index contributed by atoms with van der Waals surface area (Å²) in [4.78, 5) is 2.23. The molecule has 2 heteroatoms. The molecule has 2 nitrogen and oxygen atoms in total. The molecule has 0 atom stereocenters. The molecule has 0 unspecified atom stereocenters. The van der Waals surface area contributed by atoms with Crippen molar-refractivity contribution >= 4 is 0 Å². The van der Waals surface area contributed by atoms with Crippen LogP contribution >= 0.6 is 0 Å². The van der Waals surface area contributed by atoms with Gasteiger partial charge in [0.1, 0.15) is 0 Å². The number of hydrogen-bond donors (Lipinski definition) is 1. The quantitative estimate of drug-likeness (QED) is 0.634. The van der Waals surface area contributed by atoms with Gasteiger partial charge in [-0.25, -0.2) is 0 Å². The third kappa shape index (κ3) is 5.06. The van der Waals surface area contributed by atoms with E-state index in [1.165, 1.54) is 5.57 Å². The summed E-state index contributed by atoms with van der Waals surface area (Å²) in [5, 5.41) is 3.42. The maximum Gasteiger partial charge on any atom is 0.0271 e. The zero-order chi connectivity index (χ0) is 10.5. The predicted molar refractivity (Wildman–Crippen MR) is 60.1 cm³/mol.